The highest BCUT2D eigenvalue weighted by Gasteiger charge is 2.16. The van der Waals surface area contributed by atoms with Crippen LogP contribution in [0.2, 0.25) is 0 Å². The van der Waals surface area contributed by atoms with Crippen molar-refractivity contribution in [1.82, 2.24) is 4.90 Å². The normalized spacial score (nSPS) is 17.1. The van der Waals surface area contributed by atoms with Gasteiger partial charge in [0.05, 0.1) is 12.7 Å². The number of aryl methyl sites for hydroxylation is 1. The fraction of sp³-hybridized carbons (Fsp3) is 0.562. The quantitative estimate of drug-likeness (QED) is 0.591. The molecule has 0 bridgehead atoms. The van der Waals surface area contributed by atoms with E-state index in [1.807, 2.05) is 19.1 Å². The van der Waals surface area contributed by atoms with Crippen LogP contribution in [0, 0.1) is 6.92 Å². The summed E-state index contributed by atoms with van der Waals surface area (Å²) in [6.07, 6.45) is 3.43. The van der Waals surface area contributed by atoms with Gasteiger partial charge in [0.15, 0.2) is 0 Å². The molecule has 4 heteroatoms. The maximum atomic E-state index is 10.7. The minimum Gasteiger partial charge on any atom is -0.491 e. The van der Waals surface area contributed by atoms with E-state index in [9.17, 15) is 4.79 Å². The van der Waals surface area contributed by atoms with E-state index in [2.05, 4.69) is 11.9 Å². The molecule has 0 radical (unpaired) electrons. The van der Waals surface area contributed by atoms with E-state index in [0.717, 1.165) is 43.5 Å². The Bertz CT molecular complexity index is 439. The maximum Gasteiger partial charge on any atom is 0.150 e. The van der Waals surface area contributed by atoms with E-state index < -0.39 is 0 Å². The minimum absolute atomic E-state index is 0.369. The molecule has 0 aliphatic carbocycles. The van der Waals surface area contributed by atoms with Gasteiger partial charge in [0.25, 0.3) is 0 Å². The van der Waals surface area contributed by atoms with E-state index in [4.69, 9.17) is 9.47 Å². The van der Waals surface area contributed by atoms with Crippen LogP contribution in [-0.4, -0.2) is 50.6 Å². The average Bonchev–Trinajstić information content (AvgIpc) is 2.46. The lowest BCUT2D eigenvalue weighted by molar-refractivity contribution is -0.000261. The molecule has 0 atom stereocenters. The predicted octanol–water partition coefficient (Wildman–Crippen LogP) is 2.30. The van der Waals surface area contributed by atoms with Gasteiger partial charge in [0.2, 0.25) is 0 Å². The van der Waals surface area contributed by atoms with Crippen LogP contribution in [0.25, 0.3) is 0 Å². The molecule has 1 aromatic carbocycles. The van der Waals surface area contributed by atoms with Crippen molar-refractivity contribution in [2.24, 2.45) is 0 Å². The van der Waals surface area contributed by atoms with Crippen LogP contribution >= 0.6 is 0 Å². The number of nitrogens with zero attached hydrogens (tertiary/aromatic N) is 1. The van der Waals surface area contributed by atoms with Gasteiger partial charge in [-0.05, 0) is 50.6 Å². The van der Waals surface area contributed by atoms with Crippen LogP contribution in [0.4, 0.5) is 0 Å². The van der Waals surface area contributed by atoms with Crippen LogP contribution in [0.5, 0.6) is 5.75 Å². The van der Waals surface area contributed by atoms with Crippen molar-refractivity contribution >= 4 is 6.29 Å². The first-order chi connectivity index (χ1) is 9.69. The maximum absolute atomic E-state index is 10.7. The summed E-state index contributed by atoms with van der Waals surface area (Å²) in [5, 5.41) is 0. The first-order valence-corrected chi connectivity index (χ1v) is 7.18. The first-order valence-electron chi connectivity index (χ1n) is 7.18. The van der Waals surface area contributed by atoms with Crippen LogP contribution in [0.3, 0.4) is 0 Å². The van der Waals surface area contributed by atoms with Gasteiger partial charge in [0, 0.05) is 18.7 Å². The van der Waals surface area contributed by atoms with Crippen molar-refractivity contribution in [3.63, 3.8) is 0 Å². The molecule has 110 valence electrons. The lowest BCUT2D eigenvalue weighted by Crippen LogP contribution is -2.34. The second-order valence-electron chi connectivity index (χ2n) is 5.36. The average molecular weight is 277 g/mol. The molecule has 0 aromatic heterocycles. The number of piperidine rings is 1. The number of likely N-dealkylation sites (tertiary alicyclic amines) is 1. The van der Waals surface area contributed by atoms with Gasteiger partial charge in [-0.2, -0.15) is 0 Å². The third kappa shape index (κ3) is 4.32. The fourth-order valence-corrected chi connectivity index (χ4v) is 2.40. The zero-order chi connectivity index (χ0) is 14.4. The highest BCUT2D eigenvalue weighted by Crippen LogP contribution is 2.16. The molecule has 4 nitrogen and oxygen atoms in total. The van der Waals surface area contributed by atoms with Crippen molar-refractivity contribution in [2.75, 3.05) is 33.4 Å². The number of hydrogen-bond donors (Lipinski definition) is 0. The Balaban J connectivity index is 1.68. The van der Waals surface area contributed by atoms with Gasteiger partial charge in [-0.3, -0.25) is 4.79 Å². The highest BCUT2D eigenvalue weighted by atomic mass is 16.5. The van der Waals surface area contributed by atoms with Gasteiger partial charge >= 0.3 is 0 Å². The summed E-state index contributed by atoms with van der Waals surface area (Å²) in [6.45, 7) is 5.29. The van der Waals surface area contributed by atoms with Gasteiger partial charge in [-0.1, -0.05) is 0 Å². The van der Waals surface area contributed by atoms with E-state index in [1.165, 1.54) is 0 Å². The molecule has 0 spiro atoms. The molecule has 1 aromatic rings. The van der Waals surface area contributed by atoms with Gasteiger partial charge in [-0.15, -0.1) is 0 Å². The molecular weight excluding hydrogens is 254 g/mol. The Morgan fingerprint density at radius 1 is 1.30 bits per heavy atom. The summed E-state index contributed by atoms with van der Waals surface area (Å²) in [6, 6.07) is 5.50. The van der Waals surface area contributed by atoms with E-state index in [0.29, 0.717) is 24.9 Å². The number of hydrogen-bond acceptors (Lipinski definition) is 4. The number of carbonyl (C=O) groups excluding carboxylic acids is 1. The molecule has 0 saturated carbocycles. The van der Waals surface area contributed by atoms with Crippen molar-refractivity contribution in [2.45, 2.75) is 25.9 Å². The number of ether oxygens (including phenoxy) is 2. The second kappa shape index (κ2) is 7.41. The zero-order valence-corrected chi connectivity index (χ0v) is 12.3. The predicted molar refractivity (Wildman–Crippen MR) is 78.5 cm³/mol. The van der Waals surface area contributed by atoms with Crippen molar-refractivity contribution in [1.29, 1.82) is 0 Å². The largest absolute Gasteiger partial charge is 0.491 e. The summed E-state index contributed by atoms with van der Waals surface area (Å²) < 4.78 is 11.5. The highest BCUT2D eigenvalue weighted by molar-refractivity contribution is 5.77. The molecule has 1 fully saturated rings. The molecule has 1 saturated heterocycles. The zero-order valence-electron chi connectivity index (χ0n) is 12.3. The third-order valence-electron chi connectivity index (χ3n) is 3.74. The van der Waals surface area contributed by atoms with Gasteiger partial charge < -0.3 is 14.4 Å². The number of aldehydes is 1. The lowest BCUT2D eigenvalue weighted by atomic mass is 10.1. The molecule has 0 N–H and O–H groups in total. The minimum atomic E-state index is 0.369. The second-order valence-corrected chi connectivity index (χ2v) is 5.36. The monoisotopic (exact) mass is 277 g/mol. The summed E-state index contributed by atoms with van der Waals surface area (Å²) in [5.41, 5.74) is 1.65. The number of carbonyl (C=O) groups is 1. The molecule has 2 rings (SSSR count). The summed E-state index contributed by atoms with van der Waals surface area (Å²) in [7, 11) is 2.14. The van der Waals surface area contributed by atoms with Crippen LogP contribution in [-0.2, 0) is 4.74 Å². The third-order valence-corrected chi connectivity index (χ3v) is 3.74. The Morgan fingerprint density at radius 3 is 2.70 bits per heavy atom. The smallest absolute Gasteiger partial charge is 0.150 e. The van der Waals surface area contributed by atoms with Crippen molar-refractivity contribution in [3.8, 4) is 5.75 Å². The molecule has 0 unspecified atom stereocenters. The summed E-state index contributed by atoms with van der Waals surface area (Å²) in [5.74, 6) is 0.792. The lowest BCUT2D eigenvalue weighted by Gasteiger charge is -2.28. The summed E-state index contributed by atoms with van der Waals surface area (Å²) >= 11 is 0. The van der Waals surface area contributed by atoms with Gasteiger partial charge in [0.1, 0.15) is 18.6 Å². The number of rotatable bonds is 6. The molecule has 1 aliphatic heterocycles. The van der Waals surface area contributed by atoms with Crippen LogP contribution < -0.4 is 4.74 Å². The van der Waals surface area contributed by atoms with E-state index in [-0.39, 0.29) is 0 Å². The molecular formula is C16H23NO3. The standard InChI is InChI=1S/C16H23NO3/c1-13-11-16(4-3-14(13)12-18)20-10-9-19-15-5-7-17(2)8-6-15/h3-4,11-12,15H,5-10H2,1-2H3. The molecule has 1 heterocycles. The van der Waals surface area contributed by atoms with E-state index >= 15 is 0 Å². The number of benzene rings is 1. The van der Waals surface area contributed by atoms with E-state index in [1.54, 1.807) is 6.07 Å². The van der Waals surface area contributed by atoms with Crippen molar-refractivity contribution in [3.05, 3.63) is 29.3 Å². The molecule has 20 heavy (non-hydrogen) atoms. The first kappa shape index (κ1) is 15.0. The molecule has 0 amide bonds. The van der Waals surface area contributed by atoms with Crippen LogP contribution in [0.15, 0.2) is 18.2 Å². The molecule has 1 aliphatic rings. The fourth-order valence-electron chi connectivity index (χ4n) is 2.40. The Morgan fingerprint density at radius 2 is 2.05 bits per heavy atom. The Hall–Kier alpha value is -1.39. The van der Waals surface area contributed by atoms with Crippen LogP contribution in [0.1, 0.15) is 28.8 Å². The topological polar surface area (TPSA) is 38.8 Å². The van der Waals surface area contributed by atoms with Crippen molar-refractivity contribution < 1.29 is 14.3 Å². The Labute approximate surface area is 120 Å². The SMILES string of the molecule is Cc1cc(OCCOC2CCN(C)CC2)ccc1C=O. The summed E-state index contributed by atoms with van der Waals surface area (Å²) in [4.78, 5) is 13.1. The van der Waals surface area contributed by atoms with Gasteiger partial charge in [-0.25, -0.2) is 0 Å². The Kier molecular flexibility index (Phi) is 5.56.